The van der Waals surface area contributed by atoms with Crippen molar-refractivity contribution >= 4 is 0 Å². The molecule has 0 spiro atoms. The molecule has 1 atom stereocenters. The number of aliphatic hydroxyl groups is 1. The summed E-state index contributed by atoms with van der Waals surface area (Å²) in [5.74, 6) is 0. The SMILES string of the molecule is CCC.CCOC(O)CNCCOC. The highest BCUT2D eigenvalue weighted by molar-refractivity contribution is 4.47. The number of hydrogen-bond acceptors (Lipinski definition) is 4. The van der Waals surface area contributed by atoms with Gasteiger partial charge < -0.3 is 19.9 Å². The zero-order valence-electron chi connectivity index (χ0n) is 9.88. The molecule has 14 heavy (non-hydrogen) atoms. The zero-order valence-corrected chi connectivity index (χ0v) is 9.88. The molecule has 4 nitrogen and oxygen atoms in total. The molecule has 1 unspecified atom stereocenters. The van der Waals surface area contributed by atoms with Gasteiger partial charge in [0.1, 0.15) is 0 Å². The Labute approximate surface area is 87.6 Å². The highest BCUT2D eigenvalue weighted by Crippen LogP contribution is 1.82. The van der Waals surface area contributed by atoms with Gasteiger partial charge in [0.15, 0.2) is 6.29 Å². The van der Waals surface area contributed by atoms with Crippen LogP contribution in [0.25, 0.3) is 0 Å². The minimum Gasteiger partial charge on any atom is -0.383 e. The summed E-state index contributed by atoms with van der Waals surface area (Å²) >= 11 is 0. The Morgan fingerprint density at radius 3 is 2.29 bits per heavy atom. The van der Waals surface area contributed by atoms with Crippen LogP contribution in [0.5, 0.6) is 0 Å². The average molecular weight is 207 g/mol. The largest absolute Gasteiger partial charge is 0.383 e. The standard InChI is InChI=1S/C7H17NO3.C3H8/c1-3-11-7(9)6-8-4-5-10-2;1-3-2/h7-9H,3-6H2,1-2H3;3H2,1-2H3. The van der Waals surface area contributed by atoms with Crippen LogP contribution < -0.4 is 5.32 Å². The van der Waals surface area contributed by atoms with E-state index in [4.69, 9.17) is 14.6 Å². The lowest BCUT2D eigenvalue weighted by Crippen LogP contribution is -2.31. The number of methoxy groups -OCH3 is 1. The molecule has 0 aliphatic rings. The first-order valence-corrected chi connectivity index (χ1v) is 5.22. The van der Waals surface area contributed by atoms with Crippen LogP contribution in [0.15, 0.2) is 0 Å². The van der Waals surface area contributed by atoms with Crippen LogP contribution in [-0.4, -0.2) is 44.8 Å². The first kappa shape index (κ1) is 16.3. The van der Waals surface area contributed by atoms with E-state index in [2.05, 4.69) is 19.2 Å². The Kier molecular flexibility index (Phi) is 17.8. The fourth-order valence-corrected chi connectivity index (χ4v) is 0.651. The molecule has 0 amide bonds. The van der Waals surface area contributed by atoms with Crippen LogP contribution in [0, 0.1) is 0 Å². The van der Waals surface area contributed by atoms with E-state index in [0.717, 1.165) is 6.54 Å². The van der Waals surface area contributed by atoms with Gasteiger partial charge in [-0.25, -0.2) is 0 Å². The second-order valence-electron chi connectivity index (χ2n) is 2.81. The van der Waals surface area contributed by atoms with Gasteiger partial charge in [-0.1, -0.05) is 20.3 Å². The molecule has 0 aliphatic carbocycles. The summed E-state index contributed by atoms with van der Waals surface area (Å²) in [6.45, 7) is 8.47. The van der Waals surface area contributed by atoms with Gasteiger partial charge in [-0.15, -0.1) is 0 Å². The van der Waals surface area contributed by atoms with Gasteiger partial charge in [0.05, 0.1) is 6.61 Å². The predicted molar refractivity (Wildman–Crippen MR) is 58.3 cm³/mol. The molecular weight excluding hydrogens is 182 g/mol. The van der Waals surface area contributed by atoms with Crippen molar-refractivity contribution in [3.05, 3.63) is 0 Å². The fraction of sp³-hybridized carbons (Fsp3) is 1.00. The molecule has 4 heteroatoms. The first-order valence-electron chi connectivity index (χ1n) is 5.22. The van der Waals surface area contributed by atoms with E-state index < -0.39 is 6.29 Å². The van der Waals surface area contributed by atoms with Crippen molar-refractivity contribution in [1.29, 1.82) is 0 Å². The van der Waals surface area contributed by atoms with Gasteiger partial charge in [0.2, 0.25) is 0 Å². The monoisotopic (exact) mass is 207 g/mol. The molecule has 0 fully saturated rings. The summed E-state index contributed by atoms with van der Waals surface area (Å²) < 4.78 is 9.67. The molecule has 2 N–H and O–H groups in total. The predicted octanol–water partition coefficient (Wildman–Crippen LogP) is 0.994. The van der Waals surface area contributed by atoms with Crippen LogP contribution in [-0.2, 0) is 9.47 Å². The van der Waals surface area contributed by atoms with Crippen molar-refractivity contribution in [2.45, 2.75) is 33.5 Å². The maximum Gasteiger partial charge on any atom is 0.167 e. The molecule has 88 valence electrons. The van der Waals surface area contributed by atoms with Gasteiger partial charge in [-0.2, -0.15) is 0 Å². The first-order chi connectivity index (χ1) is 6.72. The Hall–Kier alpha value is -0.160. The third-order valence-electron chi connectivity index (χ3n) is 1.16. The Morgan fingerprint density at radius 1 is 1.29 bits per heavy atom. The topological polar surface area (TPSA) is 50.7 Å². The van der Waals surface area contributed by atoms with E-state index in [9.17, 15) is 0 Å². The van der Waals surface area contributed by atoms with Gasteiger partial charge in [0.25, 0.3) is 0 Å². The van der Waals surface area contributed by atoms with Crippen LogP contribution in [0.4, 0.5) is 0 Å². The van der Waals surface area contributed by atoms with Crippen molar-refractivity contribution in [1.82, 2.24) is 5.32 Å². The molecule has 0 aromatic carbocycles. The van der Waals surface area contributed by atoms with Gasteiger partial charge in [-0.3, -0.25) is 0 Å². The van der Waals surface area contributed by atoms with Crippen molar-refractivity contribution in [2.75, 3.05) is 33.4 Å². The van der Waals surface area contributed by atoms with E-state index in [0.29, 0.717) is 19.8 Å². The minimum atomic E-state index is -0.697. The number of nitrogens with one attached hydrogen (secondary N) is 1. The van der Waals surface area contributed by atoms with Crippen LogP contribution >= 0.6 is 0 Å². The molecule has 0 bridgehead atoms. The number of hydrogen-bond donors (Lipinski definition) is 2. The fourth-order valence-electron chi connectivity index (χ4n) is 0.651. The summed E-state index contributed by atoms with van der Waals surface area (Å²) in [4.78, 5) is 0. The molecule has 0 aliphatic heterocycles. The second-order valence-corrected chi connectivity index (χ2v) is 2.81. The summed E-state index contributed by atoms with van der Waals surface area (Å²) in [6.07, 6.45) is 0.553. The molecule has 0 radical (unpaired) electrons. The van der Waals surface area contributed by atoms with E-state index in [1.165, 1.54) is 6.42 Å². The third kappa shape index (κ3) is 17.8. The normalized spacial score (nSPS) is 11.8. The average Bonchev–Trinajstić information content (AvgIpc) is 2.14. The van der Waals surface area contributed by atoms with Crippen LogP contribution in [0.3, 0.4) is 0 Å². The molecule has 0 aromatic heterocycles. The lowest BCUT2D eigenvalue weighted by atomic mass is 10.5. The summed E-state index contributed by atoms with van der Waals surface area (Å²) in [5.41, 5.74) is 0. The summed E-state index contributed by atoms with van der Waals surface area (Å²) in [6, 6.07) is 0. The minimum absolute atomic E-state index is 0.456. The Morgan fingerprint density at radius 2 is 1.86 bits per heavy atom. The van der Waals surface area contributed by atoms with E-state index >= 15 is 0 Å². The second kappa shape index (κ2) is 15.3. The quantitative estimate of drug-likeness (QED) is 0.483. The molecule has 0 saturated carbocycles. The van der Waals surface area contributed by atoms with Gasteiger partial charge in [0, 0.05) is 26.8 Å². The van der Waals surface area contributed by atoms with Crippen molar-refractivity contribution < 1.29 is 14.6 Å². The maximum absolute atomic E-state index is 9.02. The van der Waals surface area contributed by atoms with E-state index in [1.54, 1.807) is 7.11 Å². The van der Waals surface area contributed by atoms with Gasteiger partial charge in [-0.05, 0) is 6.92 Å². The van der Waals surface area contributed by atoms with Crippen molar-refractivity contribution in [2.24, 2.45) is 0 Å². The van der Waals surface area contributed by atoms with E-state index in [-0.39, 0.29) is 0 Å². The molecule has 0 aromatic rings. The van der Waals surface area contributed by atoms with Crippen LogP contribution in [0.1, 0.15) is 27.2 Å². The van der Waals surface area contributed by atoms with Gasteiger partial charge >= 0.3 is 0 Å². The van der Waals surface area contributed by atoms with Crippen LogP contribution in [0.2, 0.25) is 0 Å². The Balaban J connectivity index is 0. The maximum atomic E-state index is 9.02. The number of aliphatic hydroxyl groups excluding tert-OH is 1. The molecule has 0 heterocycles. The highest BCUT2D eigenvalue weighted by atomic mass is 16.6. The number of rotatable bonds is 7. The molecule has 0 rings (SSSR count). The molecular formula is C10H25NO3. The lowest BCUT2D eigenvalue weighted by Gasteiger charge is -2.10. The summed E-state index contributed by atoms with van der Waals surface area (Å²) in [7, 11) is 1.64. The van der Waals surface area contributed by atoms with Crippen molar-refractivity contribution in [3.8, 4) is 0 Å². The van der Waals surface area contributed by atoms with Crippen molar-refractivity contribution in [3.63, 3.8) is 0 Å². The lowest BCUT2D eigenvalue weighted by molar-refractivity contribution is -0.0915. The smallest absolute Gasteiger partial charge is 0.167 e. The zero-order chi connectivity index (χ0) is 11.2. The third-order valence-corrected chi connectivity index (χ3v) is 1.16. The Bertz CT molecular complexity index is 91.4. The summed E-state index contributed by atoms with van der Waals surface area (Å²) in [5, 5.41) is 12.0. The highest BCUT2D eigenvalue weighted by Gasteiger charge is 1.99. The van der Waals surface area contributed by atoms with E-state index in [1.807, 2.05) is 6.92 Å². The number of ether oxygens (including phenoxy) is 2. The molecule has 0 saturated heterocycles.